The molecule has 0 saturated carbocycles. The molecule has 0 unspecified atom stereocenters. The van der Waals surface area contributed by atoms with E-state index in [2.05, 4.69) is 10.0 Å². The van der Waals surface area contributed by atoms with E-state index in [1.165, 1.54) is 55.5 Å². The van der Waals surface area contributed by atoms with Gasteiger partial charge in [0.15, 0.2) is 0 Å². The Balaban J connectivity index is 2.22. The van der Waals surface area contributed by atoms with Crippen LogP contribution in [0.15, 0.2) is 53.4 Å². The van der Waals surface area contributed by atoms with Gasteiger partial charge in [0, 0.05) is 0 Å². The van der Waals surface area contributed by atoms with Crippen LogP contribution in [0.5, 0.6) is 5.75 Å². The maximum absolute atomic E-state index is 12.8. The second-order valence-electron chi connectivity index (χ2n) is 7.80. The molecule has 9 nitrogen and oxygen atoms in total. The van der Waals surface area contributed by atoms with Gasteiger partial charge in [-0.05, 0) is 64.1 Å². The number of amides is 1. The molecule has 0 bridgehead atoms. The van der Waals surface area contributed by atoms with Crippen LogP contribution < -0.4 is 14.8 Å². The van der Waals surface area contributed by atoms with Crippen molar-refractivity contribution in [1.29, 1.82) is 0 Å². The number of carbonyl (C=O) groups is 3. The van der Waals surface area contributed by atoms with Crippen LogP contribution in [0, 0.1) is 5.41 Å². The highest BCUT2D eigenvalue weighted by Crippen LogP contribution is 2.24. The smallest absolute Gasteiger partial charge is 0.325 e. The molecule has 0 heterocycles. The lowest BCUT2D eigenvalue weighted by Gasteiger charge is -2.16. The first-order valence-electron chi connectivity index (χ1n) is 9.29. The Morgan fingerprint density at radius 2 is 1.58 bits per heavy atom. The van der Waals surface area contributed by atoms with E-state index in [0.29, 0.717) is 0 Å². The molecule has 2 rings (SSSR count). The highest BCUT2D eigenvalue weighted by atomic mass is 32.2. The molecule has 10 heteroatoms. The number of para-hydroxylation sites is 1. The van der Waals surface area contributed by atoms with Crippen LogP contribution >= 0.6 is 0 Å². The van der Waals surface area contributed by atoms with Gasteiger partial charge >= 0.3 is 11.9 Å². The molecule has 3 N–H and O–H groups in total. The molecule has 0 aliphatic heterocycles. The summed E-state index contributed by atoms with van der Waals surface area (Å²) in [4.78, 5) is 35.2. The summed E-state index contributed by atoms with van der Waals surface area (Å²) >= 11 is 0. The standard InChI is InChI=1S/C21H24N2O7S/c1-13(19(25)26)22-18(24)16-7-5-6-8-17(16)23-31(28,29)15-11-9-14(10-12-15)30-20(27)21(2,3)4/h5-13,23H,1-4H3,(H,22,24)(H,25,26)/t13-/m0/s1. The van der Waals surface area contributed by atoms with Crippen LogP contribution in [-0.2, 0) is 19.6 Å². The molecular weight excluding hydrogens is 424 g/mol. The minimum Gasteiger partial charge on any atom is -0.480 e. The summed E-state index contributed by atoms with van der Waals surface area (Å²) in [5.41, 5.74) is -0.759. The molecule has 0 aliphatic carbocycles. The number of esters is 1. The number of sulfonamides is 1. The number of carboxylic acid groups (broad SMARTS) is 1. The van der Waals surface area contributed by atoms with Gasteiger partial charge in [0.2, 0.25) is 0 Å². The van der Waals surface area contributed by atoms with Gasteiger partial charge in [-0.1, -0.05) is 12.1 Å². The summed E-state index contributed by atoms with van der Waals surface area (Å²) in [5.74, 6) is -2.23. The van der Waals surface area contributed by atoms with Crippen molar-refractivity contribution in [2.24, 2.45) is 5.41 Å². The van der Waals surface area contributed by atoms with E-state index in [-0.39, 0.29) is 21.9 Å². The first kappa shape index (κ1) is 23.9. The molecular formula is C21H24N2O7S. The number of carbonyl (C=O) groups excluding carboxylic acids is 2. The second-order valence-corrected chi connectivity index (χ2v) is 9.48. The first-order valence-corrected chi connectivity index (χ1v) is 10.8. The molecule has 1 atom stereocenters. The second kappa shape index (κ2) is 9.17. The van der Waals surface area contributed by atoms with Crippen molar-refractivity contribution in [2.45, 2.75) is 38.6 Å². The molecule has 0 aromatic heterocycles. The molecule has 2 aromatic rings. The quantitative estimate of drug-likeness (QED) is 0.437. The van der Waals surface area contributed by atoms with Crippen LogP contribution in [0.4, 0.5) is 5.69 Å². The Bertz CT molecular complexity index is 1090. The average Bonchev–Trinajstić information content (AvgIpc) is 2.67. The van der Waals surface area contributed by atoms with Crippen molar-refractivity contribution in [3.63, 3.8) is 0 Å². The predicted molar refractivity (Wildman–Crippen MR) is 113 cm³/mol. The van der Waals surface area contributed by atoms with Crippen molar-refractivity contribution < 1.29 is 32.6 Å². The number of ether oxygens (including phenoxy) is 1. The number of carboxylic acids is 1. The first-order chi connectivity index (χ1) is 14.3. The van der Waals surface area contributed by atoms with E-state index in [0.717, 1.165) is 0 Å². The van der Waals surface area contributed by atoms with Crippen molar-refractivity contribution in [2.75, 3.05) is 4.72 Å². The minimum absolute atomic E-state index is 0.0131. The Hall–Kier alpha value is -3.40. The highest BCUT2D eigenvalue weighted by Gasteiger charge is 2.24. The summed E-state index contributed by atoms with van der Waals surface area (Å²) in [6.07, 6.45) is 0. The van der Waals surface area contributed by atoms with E-state index in [9.17, 15) is 22.8 Å². The molecule has 31 heavy (non-hydrogen) atoms. The number of aliphatic carboxylic acids is 1. The molecule has 0 radical (unpaired) electrons. The molecule has 0 fully saturated rings. The third kappa shape index (κ3) is 6.29. The van der Waals surface area contributed by atoms with Gasteiger partial charge in [-0.2, -0.15) is 0 Å². The van der Waals surface area contributed by atoms with Gasteiger partial charge < -0.3 is 15.2 Å². The third-order valence-electron chi connectivity index (χ3n) is 4.09. The summed E-state index contributed by atoms with van der Waals surface area (Å²) in [6.45, 7) is 6.38. The summed E-state index contributed by atoms with van der Waals surface area (Å²) in [7, 11) is -4.07. The number of nitrogens with one attached hydrogen (secondary N) is 2. The Labute approximate surface area is 180 Å². The number of rotatable bonds is 7. The van der Waals surface area contributed by atoms with Gasteiger partial charge in [-0.25, -0.2) is 8.42 Å². The van der Waals surface area contributed by atoms with Crippen LogP contribution in [0.2, 0.25) is 0 Å². The molecule has 0 aliphatic rings. The normalized spacial score (nSPS) is 12.5. The summed E-state index contributed by atoms with van der Waals surface area (Å²) in [5, 5.41) is 11.2. The van der Waals surface area contributed by atoms with E-state index < -0.39 is 39.3 Å². The molecule has 1 amide bonds. The van der Waals surface area contributed by atoms with E-state index >= 15 is 0 Å². The van der Waals surface area contributed by atoms with E-state index in [4.69, 9.17) is 9.84 Å². The van der Waals surface area contributed by atoms with Crippen molar-refractivity contribution in [3.8, 4) is 5.75 Å². The van der Waals surface area contributed by atoms with Gasteiger partial charge in [0.05, 0.1) is 21.6 Å². The van der Waals surface area contributed by atoms with Gasteiger partial charge in [0.25, 0.3) is 15.9 Å². The van der Waals surface area contributed by atoms with E-state index in [1.807, 2.05) is 0 Å². The maximum atomic E-state index is 12.8. The predicted octanol–water partition coefficient (Wildman–Crippen LogP) is 2.64. The number of benzene rings is 2. The van der Waals surface area contributed by atoms with E-state index in [1.54, 1.807) is 20.8 Å². The molecule has 166 valence electrons. The Kier molecular flexibility index (Phi) is 7.06. The fourth-order valence-electron chi connectivity index (χ4n) is 2.26. The van der Waals surface area contributed by atoms with Gasteiger partial charge in [0.1, 0.15) is 11.8 Å². The van der Waals surface area contributed by atoms with Crippen molar-refractivity contribution in [3.05, 3.63) is 54.1 Å². The summed E-state index contributed by atoms with van der Waals surface area (Å²) in [6, 6.07) is 9.90. The molecule has 0 spiro atoms. The van der Waals surface area contributed by atoms with Crippen LogP contribution in [0.25, 0.3) is 0 Å². The lowest BCUT2D eigenvalue weighted by molar-refractivity contribution is -0.143. The maximum Gasteiger partial charge on any atom is 0.325 e. The lowest BCUT2D eigenvalue weighted by atomic mass is 9.97. The Morgan fingerprint density at radius 1 is 1.00 bits per heavy atom. The largest absolute Gasteiger partial charge is 0.480 e. The van der Waals surface area contributed by atoms with Gasteiger partial charge in [-0.3, -0.25) is 19.1 Å². The monoisotopic (exact) mass is 448 g/mol. The zero-order valence-electron chi connectivity index (χ0n) is 17.5. The molecule has 0 saturated heterocycles. The van der Waals surface area contributed by atoms with Crippen LogP contribution in [-0.4, -0.2) is 37.4 Å². The summed E-state index contributed by atoms with van der Waals surface area (Å²) < 4.78 is 33.1. The fourth-order valence-corrected chi connectivity index (χ4v) is 3.34. The molecule has 2 aromatic carbocycles. The van der Waals surface area contributed by atoms with Crippen molar-refractivity contribution in [1.82, 2.24) is 5.32 Å². The van der Waals surface area contributed by atoms with Crippen LogP contribution in [0.3, 0.4) is 0 Å². The third-order valence-corrected chi connectivity index (χ3v) is 5.47. The van der Waals surface area contributed by atoms with Crippen molar-refractivity contribution >= 4 is 33.6 Å². The fraction of sp³-hybridized carbons (Fsp3) is 0.286. The van der Waals surface area contributed by atoms with Gasteiger partial charge in [-0.15, -0.1) is 0 Å². The minimum atomic E-state index is -4.07. The van der Waals surface area contributed by atoms with Crippen LogP contribution in [0.1, 0.15) is 38.1 Å². The lowest BCUT2D eigenvalue weighted by Crippen LogP contribution is -2.38. The zero-order chi connectivity index (χ0) is 23.4. The highest BCUT2D eigenvalue weighted by molar-refractivity contribution is 7.92. The number of anilines is 1. The SMILES string of the molecule is C[C@H](NC(=O)c1ccccc1NS(=O)(=O)c1ccc(OC(=O)C(C)(C)C)cc1)C(=O)O. The average molecular weight is 448 g/mol. The Morgan fingerprint density at radius 3 is 2.13 bits per heavy atom. The topological polar surface area (TPSA) is 139 Å². The number of hydrogen-bond acceptors (Lipinski definition) is 6. The number of hydrogen-bond donors (Lipinski definition) is 3. The zero-order valence-corrected chi connectivity index (χ0v) is 18.3.